The van der Waals surface area contributed by atoms with Gasteiger partial charge in [0.2, 0.25) is 0 Å². The number of hydrogen-bond donors (Lipinski definition) is 1. The van der Waals surface area contributed by atoms with E-state index in [1.54, 1.807) is 0 Å². The smallest absolute Gasteiger partial charge is 0.0667 e. The molecule has 0 radical (unpaired) electrons. The minimum atomic E-state index is -0.152. The first kappa shape index (κ1) is 12.6. The van der Waals surface area contributed by atoms with E-state index >= 15 is 0 Å². The average Bonchev–Trinajstić information content (AvgIpc) is 2.53. The Morgan fingerprint density at radius 1 is 1.18 bits per heavy atom. The largest absolute Gasteiger partial charge is 0.392 e. The van der Waals surface area contributed by atoms with Crippen molar-refractivity contribution in [2.24, 2.45) is 0 Å². The molecule has 0 amide bonds. The van der Waals surface area contributed by atoms with Crippen LogP contribution in [0.3, 0.4) is 0 Å². The fourth-order valence-electron chi connectivity index (χ4n) is 2.62. The highest BCUT2D eigenvalue weighted by Gasteiger charge is 2.15. The van der Waals surface area contributed by atoms with Gasteiger partial charge in [0.05, 0.1) is 6.10 Å². The summed E-state index contributed by atoms with van der Waals surface area (Å²) >= 11 is 0. The lowest BCUT2D eigenvalue weighted by Gasteiger charge is -2.22. The van der Waals surface area contributed by atoms with Gasteiger partial charge in [0.15, 0.2) is 0 Å². The van der Waals surface area contributed by atoms with Gasteiger partial charge in [0, 0.05) is 19.6 Å². The van der Waals surface area contributed by atoms with Gasteiger partial charge in [-0.15, -0.1) is 0 Å². The number of benzene rings is 1. The molecule has 0 aromatic heterocycles. The fraction of sp³-hybridized carbons (Fsp3) is 0.600. The molecular formula is C15H23NO. The van der Waals surface area contributed by atoms with Crippen molar-refractivity contribution >= 4 is 0 Å². The molecule has 0 saturated heterocycles. The van der Waals surface area contributed by atoms with Crippen LogP contribution in [0.5, 0.6) is 0 Å². The molecule has 1 heterocycles. The van der Waals surface area contributed by atoms with Crippen molar-refractivity contribution in [2.45, 2.75) is 38.7 Å². The molecule has 0 aliphatic carbocycles. The Morgan fingerprint density at radius 2 is 1.76 bits per heavy atom. The summed E-state index contributed by atoms with van der Waals surface area (Å²) in [6.45, 7) is 5.12. The van der Waals surface area contributed by atoms with Gasteiger partial charge in [0.1, 0.15) is 0 Å². The van der Waals surface area contributed by atoms with Crippen LogP contribution in [0.2, 0.25) is 0 Å². The first-order valence-electron chi connectivity index (χ1n) is 6.76. The lowest BCUT2D eigenvalue weighted by Crippen LogP contribution is -2.34. The van der Waals surface area contributed by atoms with Crippen molar-refractivity contribution in [3.05, 3.63) is 35.4 Å². The topological polar surface area (TPSA) is 23.5 Å². The second-order valence-electron chi connectivity index (χ2n) is 5.01. The Kier molecular flexibility index (Phi) is 4.57. The molecule has 1 aromatic carbocycles. The lowest BCUT2D eigenvalue weighted by molar-refractivity contribution is 0.107. The zero-order valence-corrected chi connectivity index (χ0v) is 10.7. The molecule has 2 rings (SSSR count). The van der Waals surface area contributed by atoms with Gasteiger partial charge in [-0.2, -0.15) is 0 Å². The van der Waals surface area contributed by atoms with Crippen molar-refractivity contribution in [1.29, 1.82) is 0 Å². The van der Waals surface area contributed by atoms with Crippen molar-refractivity contribution in [2.75, 3.05) is 19.6 Å². The van der Waals surface area contributed by atoms with Crippen LogP contribution in [0.15, 0.2) is 24.3 Å². The molecule has 1 aliphatic heterocycles. The third-order valence-electron chi connectivity index (χ3n) is 3.60. The van der Waals surface area contributed by atoms with Crippen LogP contribution in [0.1, 0.15) is 30.9 Å². The number of fused-ring (bicyclic) bond motifs is 1. The highest BCUT2D eigenvalue weighted by molar-refractivity contribution is 5.28. The van der Waals surface area contributed by atoms with Gasteiger partial charge in [-0.3, -0.25) is 0 Å². The number of nitrogens with zero attached hydrogens (tertiary/aromatic N) is 1. The summed E-state index contributed by atoms with van der Waals surface area (Å²) in [4.78, 5) is 2.40. The maximum Gasteiger partial charge on any atom is 0.0667 e. The van der Waals surface area contributed by atoms with E-state index < -0.39 is 0 Å². The van der Waals surface area contributed by atoms with E-state index in [1.807, 2.05) is 0 Å². The predicted octanol–water partition coefficient (Wildman–Crippen LogP) is 2.25. The zero-order valence-electron chi connectivity index (χ0n) is 10.7. The van der Waals surface area contributed by atoms with Gasteiger partial charge in [-0.1, -0.05) is 37.6 Å². The highest BCUT2D eigenvalue weighted by Crippen LogP contribution is 2.15. The van der Waals surface area contributed by atoms with Crippen LogP contribution in [0.25, 0.3) is 0 Å². The van der Waals surface area contributed by atoms with Crippen molar-refractivity contribution in [1.82, 2.24) is 4.90 Å². The van der Waals surface area contributed by atoms with Crippen LogP contribution < -0.4 is 0 Å². The first-order chi connectivity index (χ1) is 8.29. The van der Waals surface area contributed by atoms with Gasteiger partial charge in [-0.05, 0) is 30.4 Å². The normalized spacial score (nSPS) is 18.5. The maximum atomic E-state index is 9.87. The molecule has 1 atom stereocenters. The average molecular weight is 233 g/mol. The molecular weight excluding hydrogens is 210 g/mol. The second kappa shape index (κ2) is 6.18. The van der Waals surface area contributed by atoms with Gasteiger partial charge in [0.25, 0.3) is 0 Å². The quantitative estimate of drug-likeness (QED) is 0.862. The van der Waals surface area contributed by atoms with Crippen LogP contribution in [-0.2, 0) is 12.8 Å². The van der Waals surface area contributed by atoms with Crippen LogP contribution in [0.4, 0.5) is 0 Å². The summed E-state index contributed by atoms with van der Waals surface area (Å²) in [7, 11) is 0. The molecule has 0 fully saturated rings. The first-order valence-corrected chi connectivity index (χ1v) is 6.76. The number of hydrogen-bond acceptors (Lipinski definition) is 2. The SMILES string of the molecule is CCCC(O)CN1CCc2ccccc2CC1. The predicted molar refractivity (Wildman–Crippen MR) is 71.2 cm³/mol. The lowest BCUT2D eigenvalue weighted by atomic mass is 10.0. The van der Waals surface area contributed by atoms with Crippen molar-refractivity contribution in [3.8, 4) is 0 Å². The highest BCUT2D eigenvalue weighted by atomic mass is 16.3. The molecule has 17 heavy (non-hydrogen) atoms. The van der Waals surface area contributed by atoms with E-state index in [2.05, 4.69) is 36.1 Å². The monoisotopic (exact) mass is 233 g/mol. The van der Waals surface area contributed by atoms with E-state index in [0.29, 0.717) is 0 Å². The summed E-state index contributed by atoms with van der Waals surface area (Å²) in [5.74, 6) is 0. The van der Waals surface area contributed by atoms with Gasteiger partial charge >= 0.3 is 0 Å². The number of β-amino-alcohol motifs (C(OH)–C–C–N with tert-alkyl or cyclic N) is 1. The molecule has 0 bridgehead atoms. The van der Waals surface area contributed by atoms with Crippen molar-refractivity contribution in [3.63, 3.8) is 0 Å². The van der Waals surface area contributed by atoms with E-state index in [1.165, 1.54) is 11.1 Å². The van der Waals surface area contributed by atoms with Crippen LogP contribution in [-0.4, -0.2) is 35.7 Å². The minimum Gasteiger partial charge on any atom is -0.392 e. The summed E-state index contributed by atoms with van der Waals surface area (Å²) < 4.78 is 0. The molecule has 1 aromatic rings. The Hall–Kier alpha value is -0.860. The van der Waals surface area contributed by atoms with E-state index in [9.17, 15) is 5.11 Å². The standard InChI is InChI=1S/C15H23NO/c1-2-5-15(17)12-16-10-8-13-6-3-4-7-14(13)9-11-16/h3-4,6-7,15,17H,2,5,8-12H2,1H3. The Bertz CT molecular complexity index is 324. The Morgan fingerprint density at radius 3 is 2.29 bits per heavy atom. The third kappa shape index (κ3) is 3.55. The van der Waals surface area contributed by atoms with Crippen LogP contribution in [0, 0.1) is 0 Å². The van der Waals surface area contributed by atoms with E-state index in [0.717, 1.165) is 45.3 Å². The molecule has 2 nitrogen and oxygen atoms in total. The third-order valence-corrected chi connectivity index (χ3v) is 3.60. The molecule has 0 spiro atoms. The fourth-order valence-corrected chi connectivity index (χ4v) is 2.62. The Labute approximate surface area is 104 Å². The van der Waals surface area contributed by atoms with Crippen LogP contribution >= 0.6 is 0 Å². The van der Waals surface area contributed by atoms with Gasteiger partial charge in [-0.25, -0.2) is 0 Å². The molecule has 2 heteroatoms. The summed E-state index contributed by atoms with van der Waals surface area (Å²) in [5.41, 5.74) is 2.97. The summed E-state index contributed by atoms with van der Waals surface area (Å²) in [5, 5.41) is 9.87. The molecule has 1 unspecified atom stereocenters. The molecule has 0 saturated carbocycles. The summed E-state index contributed by atoms with van der Waals surface area (Å²) in [6, 6.07) is 8.73. The minimum absolute atomic E-state index is 0.152. The van der Waals surface area contributed by atoms with E-state index in [4.69, 9.17) is 0 Å². The number of aliphatic hydroxyl groups excluding tert-OH is 1. The Balaban J connectivity index is 1.90. The molecule has 1 aliphatic rings. The van der Waals surface area contributed by atoms with Gasteiger partial charge < -0.3 is 10.0 Å². The summed E-state index contributed by atoms with van der Waals surface area (Å²) in [6.07, 6.45) is 4.07. The van der Waals surface area contributed by atoms with Crippen molar-refractivity contribution < 1.29 is 5.11 Å². The maximum absolute atomic E-state index is 9.87. The molecule has 1 N–H and O–H groups in total. The zero-order chi connectivity index (χ0) is 12.1. The molecule has 94 valence electrons. The number of aliphatic hydroxyl groups is 1. The second-order valence-corrected chi connectivity index (χ2v) is 5.01. The van der Waals surface area contributed by atoms with E-state index in [-0.39, 0.29) is 6.10 Å². The number of rotatable bonds is 4.